The molecular formula is C13H26IN3O2S. The molecule has 118 valence electrons. The Hall–Kier alpha value is -0.0500. The van der Waals surface area contributed by atoms with E-state index in [1.807, 2.05) is 0 Å². The Kier molecular flexibility index (Phi) is 7.57. The maximum absolute atomic E-state index is 11.3. The van der Waals surface area contributed by atoms with Gasteiger partial charge in [0.2, 0.25) is 0 Å². The van der Waals surface area contributed by atoms with E-state index in [-0.39, 0.29) is 24.0 Å². The minimum Gasteiger partial charge on any atom is -0.370 e. The molecule has 1 saturated heterocycles. The van der Waals surface area contributed by atoms with E-state index in [1.54, 1.807) is 0 Å². The molecule has 0 unspecified atom stereocenters. The standard InChI is InChI=1S/C13H25N3O2S.HI/c14-13(16-12-3-1-2-4-12)15-8-5-11-6-9-19(17,18)10-7-11;/h11-12H,1-10H2,(H3,14,15,16);1H. The third kappa shape index (κ3) is 6.15. The lowest BCUT2D eigenvalue weighted by Crippen LogP contribution is -2.38. The van der Waals surface area contributed by atoms with Crippen molar-refractivity contribution in [1.82, 2.24) is 5.32 Å². The van der Waals surface area contributed by atoms with E-state index in [2.05, 4.69) is 10.3 Å². The topological polar surface area (TPSA) is 84.5 Å². The molecule has 5 nitrogen and oxygen atoms in total. The number of nitrogens with zero attached hydrogens (tertiary/aromatic N) is 1. The largest absolute Gasteiger partial charge is 0.370 e. The number of sulfone groups is 1. The van der Waals surface area contributed by atoms with E-state index in [0.717, 1.165) is 19.3 Å². The number of rotatable bonds is 4. The summed E-state index contributed by atoms with van der Waals surface area (Å²) in [6.07, 6.45) is 7.46. The maximum Gasteiger partial charge on any atom is 0.188 e. The molecule has 0 amide bonds. The van der Waals surface area contributed by atoms with Crippen LogP contribution < -0.4 is 11.1 Å². The normalized spacial score (nSPS) is 24.3. The zero-order valence-corrected chi connectivity index (χ0v) is 15.0. The zero-order chi connectivity index (χ0) is 13.7. The molecule has 2 rings (SSSR count). The van der Waals surface area contributed by atoms with Crippen molar-refractivity contribution in [2.24, 2.45) is 16.6 Å². The fourth-order valence-corrected chi connectivity index (χ4v) is 4.51. The summed E-state index contributed by atoms with van der Waals surface area (Å²) in [7, 11) is -2.75. The van der Waals surface area contributed by atoms with Crippen LogP contribution in [0.5, 0.6) is 0 Å². The van der Waals surface area contributed by atoms with Crippen LogP contribution in [0, 0.1) is 5.92 Å². The van der Waals surface area contributed by atoms with Gasteiger partial charge in [-0.25, -0.2) is 8.42 Å². The first-order valence-corrected chi connectivity index (χ1v) is 9.14. The first kappa shape index (κ1) is 18.0. The van der Waals surface area contributed by atoms with E-state index in [1.165, 1.54) is 25.7 Å². The van der Waals surface area contributed by atoms with Crippen LogP contribution in [0.25, 0.3) is 0 Å². The molecule has 1 aliphatic heterocycles. The second-order valence-electron chi connectivity index (χ2n) is 5.78. The van der Waals surface area contributed by atoms with Crippen molar-refractivity contribution in [3.05, 3.63) is 0 Å². The molecule has 0 atom stereocenters. The van der Waals surface area contributed by atoms with Crippen molar-refractivity contribution in [3.8, 4) is 0 Å². The molecular weight excluding hydrogens is 389 g/mol. The van der Waals surface area contributed by atoms with Crippen LogP contribution in [-0.4, -0.2) is 38.5 Å². The van der Waals surface area contributed by atoms with Gasteiger partial charge in [-0.05, 0) is 38.0 Å². The van der Waals surface area contributed by atoms with Crippen LogP contribution in [0.15, 0.2) is 4.99 Å². The van der Waals surface area contributed by atoms with Gasteiger partial charge in [0.15, 0.2) is 5.96 Å². The highest BCUT2D eigenvalue weighted by atomic mass is 127. The average molecular weight is 415 g/mol. The summed E-state index contributed by atoms with van der Waals surface area (Å²) < 4.78 is 22.6. The Morgan fingerprint density at radius 3 is 2.35 bits per heavy atom. The predicted octanol–water partition coefficient (Wildman–Crippen LogP) is 1.67. The van der Waals surface area contributed by atoms with E-state index >= 15 is 0 Å². The van der Waals surface area contributed by atoms with Crippen LogP contribution in [0.2, 0.25) is 0 Å². The lowest BCUT2D eigenvalue weighted by molar-refractivity contribution is 0.441. The Bertz CT molecular complexity index is 405. The molecule has 7 heteroatoms. The maximum atomic E-state index is 11.3. The van der Waals surface area contributed by atoms with Crippen molar-refractivity contribution in [1.29, 1.82) is 0 Å². The number of hydrogen-bond donors (Lipinski definition) is 2. The molecule has 3 N–H and O–H groups in total. The summed E-state index contributed by atoms with van der Waals surface area (Å²) in [6, 6.07) is 0.503. The zero-order valence-electron chi connectivity index (χ0n) is 11.9. The first-order valence-electron chi connectivity index (χ1n) is 7.32. The highest BCUT2D eigenvalue weighted by Crippen LogP contribution is 2.21. The molecule has 0 aromatic heterocycles. The monoisotopic (exact) mass is 415 g/mol. The van der Waals surface area contributed by atoms with Gasteiger partial charge in [-0.3, -0.25) is 4.99 Å². The van der Waals surface area contributed by atoms with Gasteiger partial charge in [0.25, 0.3) is 0 Å². The minimum atomic E-state index is -2.75. The molecule has 0 spiro atoms. The third-order valence-electron chi connectivity index (χ3n) is 4.20. The molecule has 1 heterocycles. The lowest BCUT2D eigenvalue weighted by Gasteiger charge is -2.21. The number of guanidine groups is 1. The van der Waals surface area contributed by atoms with Crippen LogP contribution in [-0.2, 0) is 9.84 Å². The van der Waals surface area contributed by atoms with E-state index in [4.69, 9.17) is 5.73 Å². The highest BCUT2D eigenvalue weighted by Gasteiger charge is 2.23. The van der Waals surface area contributed by atoms with Gasteiger partial charge in [0.1, 0.15) is 9.84 Å². The molecule has 1 aliphatic carbocycles. The van der Waals surface area contributed by atoms with Gasteiger partial charge in [-0.2, -0.15) is 0 Å². The number of aliphatic imine (C=N–C) groups is 1. The van der Waals surface area contributed by atoms with Crippen LogP contribution in [0.4, 0.5) is 0 Å². The van der Waals surface area contributed by atoms with Crippen molar-refractivity contribution >= 4 is 39.8 Å². The number of nitrogens with one attached hydrogen (secondary N) is 1. The van der Waals surface area contributed by atoms with Crippen LogP contribution >= 0.6 is 24.0 Å². The molecule has 1 saturated carbocycles. The van der Waals surface area contributed by atoms with Crippen molar-refractivity contribution in [3.63, 3.8) is 0 Å². The summed E-state index contributed by atoms with van der Waals surface area (Å²) in [4.78, 5) is 4.35. The van der Waals surface area contributed by atoms with Crippen LogP contribution in [0.1, 0.15) is 44.9 Å². The molecule has 0 radical (unpaired) electrons. The molecule has 0 aromatic carbocycles. The van der Waals surface area contributed by atoms with Crippen molar-refractivity contribution in [2.45, 2.75) is 51.0 Å². The van der Waals surface area contributed by atoms with Gasteiger partial charge < -0.3 is 11.1 Å². The molecule has 2 fully saturated rings. The number of hydrogen-bond acceptors (Lipinski definition) is 3. The first-order chi connectivity index (χ1) is 9.05. The highest BCUT2D eigenvalue weighted by molar-refractivity contribution is 14.0. The summed E-state index contributed by atoms with van der Waals surface area (Å²) in [5, 5.41) is 3.26. The van der Waals surface area contributed by atoms with E-state index in [9.17, 15) is 8.42 Å². The fraction of sp³-hybridized carbons (Fsp3) is 0.923. The number of halogens is 1. The molecule has 20 heavy (non-hydrogen) atoms. The second-order valence-corrected chi connectivity index (χ2v) is 8.08. The van der Waals surface area contributed by atoms with Gasteiger partial charge in [0.05, 0.1) is 11.5 Å². The number of nitrogens with two attached hydrogens (primary N) is 1. The Morgan fingerprint density at radius 1 is 1.15 bits per heavy atom. The van der Waals surface area contributed by atoms with Gasteiger partial charge in [-0.15, -0.1) is 24.0 Å². The quantitative estimate of drug-likeness (QED) is 0.416. The Labute approximate surface area is 139 Å². The third-order valence-corrected chi connectivity index (χ3v) is 5.92. The minimum absolute atomic E-state index is 0. The van der Waals surface area contributed by atoms with Gasteiger partial charge >= 0.3 is 0 Å². The van der Waals surface area contributed by atoms with Gasteiger partial charge in [-0.1, -0.05) is 12.8 Å². The lowest BCUT2D eigenvalue weighted by atomic mass is 9.99. The smallest absolute Gasteiger partial charge is 0.188 e. The summed E-state index contributed by atoms with van der Waals surface area (Å²) >= 11 is 0. The van der Waals surface area contributed by atoms with E-state index < -0.39 is 9.84 Å². The van der Waals surface area contributed by atoms with Crippen LogP contribution in [0.3, 0.4) is 0 Å². The summed E-state index contributed by atoms with van der Waals surface area (Å²) in [5.74, 6) is 1.73. The predicted molar refractivity (Wildman–Crippen MR) is 93.3 cm³/mol. The second kappa shape index (κ2) is 8.41. The van der Waals surface area contributed by atoms with Crippen molar-refractivity contribution < 1.29 is 8.42 Å². The van der Waals surface area contributed by atoms with E-state index in [0.29, 0.717) is 36.0 Å². The summed E-state index contributed by atoms with van der Waals surface area (Å²) in [6.45, 7) is 0.705. The average Bonchev–Trinajstić information content (AvgIpc) is 2.84. The molecule has 2 aliphatic rings. The Morgan fingerprint density at radius 2 is 1.75 bits per heavy atom. The molecule has 0 aromatic rings. The summed E-state index contributed by atoms with van der Waals surface area (Å²) in [5.41, 5.74) is 5.86. The Balaban J connectivity index is 0.00000200. The SMILES string of the molecule is I.NC(=NCCC1CCS(=O)(=O)CC1)NC1CCCC1. The van der Waals surface area contributed by atoms with Crippen molar-refractivity contribution in [2.75, 3.05) is 18.1 Å². The fourth-order valence-electron chi connectivity index (χ4n) is 2.92. The molecule has 0 bridgehead atoms. The van der Waals surface area contributed by atoms with Gasteiger partial charge in [0, 0.05) is 12.6 Å².